The standard InChI is InChI=1S/C17H16N6OS/c24-17(22-7-11-6-18-9-19-13(11)8-22)14-2-1-4-23(14)15-12-3-5-25-16(12)21-10-20-15/h3,5-6,9-10,14H,1-2,4,7-8H2. The first-order valence-corrected chi connectivity index (χ1v) is 9.20. The summed E-state index contributed by atoms with van der Waals surface area (Å²) in [7, 11) is 0. The number of fused-ring (bicyclic) bond motifs is 2. The molecular weight excluding hydrogens is 336 g/mol. The fraction of sp³-hybridized carbons (Fsp3) is 0.353. The molecule has 5 rings (SSSR count). The Bertz CT molecular complexity index is 932. The van der Waals surface area contributed by atoms with Gasteiger partial charge in [-0.1, -0.05) is 0 Å². The van der Waals surface area contributed by atoms with Crippen molar-refractivity contribution >= 4 is 33.3 Å². The average Bonchev–Trinajstić information content (AvgIpc) is 3.38. The lowest BCUT2D eigenvalue weighted by Crippen LogP contribution is -2.44. The molecular formula is C17H16N6OS. The molecule has 0 aromatic carbocycles. The van der Waals surface area contributed by atoms with Crippen molar-refractivity contribution in [2.24, 2.45) is 0 Å². The van der Waals surface area contributed by atoms with E-state index in [4.69, 9.17) is 0 Å². The van der Waals surface area contributed by atoms with Gasteiger partial charge in [-0.2, -0.15) is 0 Å². The van der Waals surface area contributed by atoms with E-state index in [2.05, 4.69) is 24.8 Å². The Labute approximate surface area is 148 Å². The van der Waals surface area contributed by atoms with Gasteiger partial charge in [0.2, 0.25) is 5.91 Å². The summed E-state index contributed by atoms with van der Waals surface area (Å²) >= 11 is 1.60. The summed E-state index contributed by atoms with van der Waals surface area (Å²) in [5.41, 5.74) is 2.00. The van der Waals surface area contributed by atoms with Crippen molar-refractivity contribution in [3.8, 4) is 0 Å². The van der Waals surface area contributed by atoms with Crippen molar-refractivity contribution in [1.29, 1.82) is 0 Å². The highest BCUT2D eigenvalue weighted by atomic mass is 32.1. The predicted molar refractivity (Wildman–Crippen MR) is 94.1 cm³/mol. The predicted octanol–water partition coefficient (Wildman–Crippen LogP) is 1.99. The van der Waals surface area contributed by atoms with Gasteiger partial charge in [-0.05, 0) is 24.3 Å². The van der Waals surface area contributed by atoms with E-state index in [1.807, 2.05) is 16.3 Å². The Morgan fingerprint density at radius 3 is 3.08 bits per heavy atom. The minimum atomic E-state index is -0.166. The van der Waals surface area contributed by atoms with Gasteiger partial charge in [0.05, 0.1) is 17.6 Å². The Balaban J connectivity index is 1.44. The molecule has 1 atom stereocenters. The Morgan fingerprint density at radius 1 is 1.20 bits per heavy atom. The number of hydrogen-bond donors (Lipinski definition) is 0. The molecule has 0 spiro atoms. The summed E-state index contributed by atoms with van der Waals surface area (Å²) in [6, 6.07) is 1.87. The van der Waals surface area contributed by atoms with E-state index in [0.29, 0.717) is 13.1 Å². The van der Waals surface area contributed by atoms with Crippen molar-refractivity contribution in [1.82, 2.24) is 24.8 Å². The lowest BCUT2D eigenvalue weighted by molar-refractivity contribution is -0.133. The number of rotatable bonds is 2. The van der Waals surface area contributed by atoms with Crippen molar-refractivity contribution in [3.63, 3.8) is 0 Å². The normalized spacial score (nSPS) is 19.6. The van der Waals surface area contributed by atoms with Crippen molar-refractivity contribution < 1.29 is 4.79 Å². The van der Waals surface area contributed by atoms with Crippen LogP contribution in [0.1, 0.15) is 24.1 Å². The fourth-order valence-corrected chi connectivity index (χ4v) is 4.48. The van der Waals surface area contributed by atoms with Gasteiger partial charge in [0.25, 0.3) is 0 Å². The third-order valence-electron chi connectivity index (χ3n) is 4.95. The summed E-state index contributed by atoms with van der Waals surface area (Å²) in [4.78, 5) is 35.3. The minimum absolute atomic E-state index is 0.150. The van der Waals surface area contributed by atoms with E-state index in [9.17, 15) is 4.79 Å². The maximum Gasteiger partial charge on any atom is 0.245 e. The van der Waals surface area contributed by atoms with Crippen LogP contribution in [0.3, 0.4) is 0 Å². The van der Waals surface area contributed by atoms with Crippen molar-refractivity contribution in [3.05, 3.63) is 41.6 Å². The van der Waals surface area contributed by atoms with Gasteiger partial charge in [-0.3, -0.25) is 4.79 Å². The number of nitrogens with zero attached hydrogens (tertiary/aromatic N) is 6. The van der Waals surface area contributed by atoms with Crippen LogP contribution >= 0.6 is 11.3 Å². The summed E-state index contributed by atoms with van der Waals surface area (Å²) < 4.78 is 0. The number of aromatic nitrogens is 4. The van der Waals surface area contributed by atoms with E-state index in [0.717, 1.165) is 46.7 Å². The van der Waals surface area contributed by atoms with Gasteiger partial charge in [0.15, 0.2) is 0 Å². The van der Waals surface area contributed by atoms with E-state index >= 15 is 0 Å². The summed E-state index contributed by atoms with van der Waals surface area (Å²) in [6.45, 7) is 2.01. The fourth-order valence-electron chi connectivity index (χ4n) is 3.75. The van der Waals surface area contributed by atoms with E-state index < -0.39 is 0 Å². The molecule has 1 fully saturated rings. The molecule has 0 bridgehead atoms. The number of amides is 1. The van der Waals surface area contributed by atoms with Crippen LogP contribution in [0.25, 0.3) is 10.2 Å². The third-order valence-corrected chi connectivity index (χ3v) is 5.77. The molecule has 25 heavy (non-hydrogen) atoms. The van der Waals surface area contributed by atoms with Gasteiger partial charge in [0.1, 0.15) is 29.3 Å². The second kappa shape index (κ2) is 5.73. The van der Waals surface area contributed by atoms with Crippen molar-refractivity contribution in [2.45, 2.75) is 32.0 Å². The highest BCUT2D eigenvalue weighted by molar-refractivity contribution is 7.16. The molecule has 0 N–H and O–H groups in total. The first-order chi connectivity index (χ1) is 12.3. The SMILES string of the molecule is O=C(C1CCCN1c1ncnc2sccc12)N1Cc2cncnc2C1. The Kier molecular flexibility index (Phi) is 3.37. The van der Waals surface area contributed by atoms with Crippen LogP contribution in [0.2, 0.25) is 0 Å². The lowest BCUT2D eigenvalue weighted by atomic mass is 10.2. The highest BCUT2D eigenvalue weighted by Gasteiger charge is 2.37. The van der Waals surface area contributed by atoms with Crippen LogP contribution in [-0.2, 0) is 17.9 Å². The van der Waals surface area contributed by atoms with Crippen LogP contribution in [-0.4, -0.2) is 43.3 Å². The highest BCUT2D eigenvalue weighted by Crippen LogP contribution is 2.33. The van der Waals surface area contributed by atoms with Gasteiger partial charge in [0, 0.05) is 24.8 Å². The molecule has 0 saturated carbocycles. The molecule has 2 aliphatic rings. The van der Waals surface area contributed by atoms with Gasteiger partial charge >= 0.3 is 0 Å². The third kappa shape index (κ3) is 2.36. The molecule has 1 amide bonds. The van der Waals surface area contributed by atoms with Crippen LogP contribution in [0.5, 0.6) is 0 Å². The molecule has 8 heteroatoms. The number of carbonyl (C=O) groups is 1. The zero-order chi connectivity index (χ0) is 16.8. The molecule has 3 aromatic rings. The minimum Gasteiger partial charge on any atom is -0.344 e. The first-order valence-electron chi connectivity index (χ1n) is 8.32. The molecule has 2 aliphatic heterocycles. The van der Waals surface area contributed by atoms with Gasteiger partial charge in [-0.25, -0.2) is 19.9 Å². The summed E-state index contributed by atoms with van der Waals surface area (Å²) in [5, 5.41) is 3.05. The van der Waals surface area contributed by atoms with E-state index in [1.165, 1.54) is 0 Å². The molecule has 7 nitrogen and oxygen atoms in total. The second-order valence-corrected chi connectivity index (χ2v) is 7.27. The molecule has 3 aromatic heterocycles. The molecule has 126 valence electrons. The topological polar surface area (TPSA) is 75.1 Å². The average molecular weight is 352 g/mol. The van der Waals surface area contributed by atoms with E-state index in [-0.39, 0.29) is 11.9 Å². The second-order valence-electron chi connectivity index (χ2n) is 6.38. The zero-order valence-corrected chi connectivity index (χ0v) is 14.3. The number of hydrogen-bond acceptors (Lipinski definition) is 7. The molecule has 0 aliphatic carbocycles. The number of thiophene rings is 1. The largest absolute Gasteiger partial charge is 0.344 e. The monoisotopic (exact) mass is 352 g/mol. The van der Waals surface area contributed by atoms with Crippen LogP contribution in [0.4, 0.5) is 5.82 Å². The smallest absolute Gasteiger partial charge is 0.245 e. The van der Waals surface area contributed by atoms with Gasteiger partial charge in [-0.15, -0.1) is 11.3 Å². The quantitative estimate of drug-likeness (QED) is 0.702. The molecule has 1 saturated heterocycles. The Hall–Kier alpha value is -2.61. The van der Waals surface area contributed by atoms with Crippen molar-refractivity contribution in [2.75, 3.05) is 11.4 Å². The summed E-state index contributed by atoms with van der Waals surface area (Å²) in [6.07, 6.45) is 6.79. The molecule has 5 heterocycles. The molecule has 0 radical (unpaired) electrons. The first kappa shape index (κ1) is 14.7. The van der Waals surface area contributed by atoms with Crippen LogP contribution in [0, 0.1) is 0 Å². The maximum absolute atomic E-state index is 13.2. The molecule has 1 unspecified atom stereocenters. The summed E-state index contributed by atoms with van der Waals surface area (Å²) in [5.74, 6) is 1.02. The number of carbonyl (C=O) groups excluding carboxylic acids is 1. The maximum atomic E-state index is 13.2. The lowest BCUT2D eigenvalue weighted by Gasteiger charge is -2.28. The number of anilines is 1. The van der Waals surface area contributed by atoms with E-state index in [1.54, 1.807) is 30.2 Å². The van der Waals surface area contributed by atoms with Crippen LogP contribution in [0.15, 0.2) is 30.3 Å². The van der Waals surface area contributed by atoms with Crippen LogP contribution < -0.4 is 4.90 Å². The van der Waals surface area contributed by atoms with Gasteiger partial charge < -0.3 is 9.80 Å². The Morgan fingerprint density at radius 2 is 2.16 bits per heavy atom. The zero-order valence-electron chi connectivity index (χ0n) is 13.5.